The van der Waals surface area contributed by atoms with Crippen molar-refractivity contribution in [3.8, 4) is 0 Å². The molecule has 4 heteroatoms. The predicted octanol–water partition coefficient (Wildman–Crippen LogP) is 2.39. The van der Waals surface area contributed by atoms with E-state index in [-0.39, 0.29) is 5.41 Å². The second kappa shape index (κ2) is 5.31. The molecule has 1 aliphatic rings. The standard InChI is InChI=1S/C14H25N3O/c1-11-13(12(2)17(3)16-11)15-9-14(10-18)7-5-4-6-8-14/h15,18H,4-10H2,1-3H3. The Bertz CT molecular complexity index is 405. The molecule has 0 bridgehead atoms. The summed E-state index contributed by atoms with van der Waals surface area (Å²) in [5.74, 6) is 0. The fraction of sp³-hybridized carbons (Fsp3) is 0.786. The number of anilines is 1. The summed E-state index contributed by atoms with van der Waals surface area (Å²) in [6.07, 6.45) is 6.07. The molecule has 0 radical (unpaired) electrons. The summed E-state index contributed by atoms with van der Waals surface area (Å²) in [6.45, 7) is 5.26. The first-order valence-electron chi connectivity index (χ1n) is 6.93. The van der Waals surface area contributed by atoms with E-state index in [0.29, 0.717) is 6.61 Å². The zero-order chi connectivity index (χ0) is 13.2. The first kappa shape index (κ1) is 13.4. The van der Waals surface area contributed by atoms with Crippen molar-refractivity contribution >= 4 is 5.69 Å². The zero-order valence-electron chi connectivity index (χ0n) is 11.8. The molecule has 1 heterocycles. The molecule has 1 saturated carbocycles. The minimum Gasteiger partial charge on any atom is -0.396 e. The van der Waals surface area contributed by atoms with Crippen molar-refractivity contribution in [3.05, 3.63) is 11.4 Å². The average Bonchev–Trinajstić information content (AvgIpc) is 2.62. The smallest absolute Gasteiger partial charge is 0.0827 e. The van der Waals surface area contributed by atoms with Crippen LogP contribution in [0.2, 0.25) is 0 Å². The number of nitrogens with zero attached hydrogens (tertiary/aromatic N) is 2. The normalized spacial score (nSPS) is 18.9. The van der Waals surface area contributed by atoms with E-state index in [0.717, 1.165) is 36.5 Å². The average molecular weight is 251 g/mol. The number of hydrogen-bond donors (Lipinski definition) is 2. The highest BCUT2D eigenvalue weighted by Gasteiger charge is 2.31. The first-order chi connectivity index (χ1) is 8.58. The van der Waals surface area contributed by atoms with E-state index in [2.05, 4.69) is 17.3 Å². The van der Waals surface area contributed by atoms with Gasteiger partial charge >= 0.3 is 0 Å². The molecule has 0 spiro atoms. The molecule has 0 aromatic carbocycles. The maximum absolute atomic E-state index is 9.70. The van der Waals surface area contributed by atoms with Crippen molar-refractivity contribution in [2.75, 3.05) is 18.5 Å². The molecule has 1 aromatic heterocycles. The van der Waals surface area contributed by atoms with Gasteiger partial charge in [0.15, 0.2) is 0 Å². The highest BCUT2D eigenvalue weighted by atomic mass is 16.3. The maximum atomic E-state index is 9.70. The van der Waals surface area contributed by atoms with Crippen LogP contribution in [0.15, 0.2) is 0 Å². The SMILES string of the molecule is Cc1nn(C)c(C)c1NCC1(CO)CCCCC1. The van der Waals surface area contributed by atoms with E-state index in [1.165, 1.54) is 19.3 Å². The van der Waals surface area contributed by atoms with Crippen LogP contribution in [0.3, 0.4) is 0 Å². The molecule has 0 aliphatic heterocycles. The molecular weight excluding hydrogens is 226 g/mol. The van der Waals surface area contributed by atoms with Gasteiger partial charge in [-0.15, -0.1) is 0 Å². The van der Waals surface area contributed by atoms with Gasteiger partial charge in [-0.05, 0) is 26.7 Å². The van der Waals surface area contributed by atoms with E-state index in [9.17, 15) is 5.11 Å². The number of aliphatic hydroxyl groups is 1. The van der Waals surface area contributed by atoms with Crippen molar-refractivity contribution in [2.45, 2.75) is 46.0 Å². The van der Waals surface area contributed by atoms with Crippen LogP contribution in [0, 0.1) is 19.3 Å². The summed E-state index contributed by atoms with van der Waals surface area (Å²) in [4.78, 5) is 0. The minimum atomic E-state index is 0.0764. The summed E-state index contributed by atoms with van der Waals surface area (Å²) in [5.41, 5.74) is 3.42. The van der Waals surface area contributed by atoms with Gasteiger partial charge in [-0.1, -0.05) is 19.3 Å². The number of aliphatic hydroxyl groups excluding tert-OH is 1. The lowest BCUT2D eigenvalue weighted by Gasteiger charge is -2.36. The Kier molecular flexibility index (Phi) is 3.95. The number of aromatic nitrogens is 2. The van der Waals surface area contributed by atoms with E-state index in [1.807, 2.05) is 18.7 Å². The fourth-order valence-corrected chi connectivity index (χ4v) is 3.00. The van der Waals surface area contributed by atoms with Crippen LogP contribution < -0.4 is 5.32 Å². The van der Waals surface area contributed by atoms with Crippen LogP contribution in [-0.4, -0.2) is 28.0 Å². The molecule has 1 aromatic rings. The van der Waals surface area contributed by atoms with Gasteiger partial charge in [0.05, 0.1) is 23.7 Å². The van der Waals surface area contributed by atoms with Gasteiger partial charge in [0.1, 0.15) is 0 Å². The van der Waals surface area contributed by atoms with Crippen molar-refractivity contribution in [3.63, 3.8) is 0 Å². The first-order valence-corrected chi connectivity index (χ1v) is 6.93. The minimum absolute atomic E-state index is 0.0764. The quantitative estimate of drug-likeness (QED) is 0.864. The van der Waals surface area contributed by atoms with Gasteiger partial charge in [-0.3, -0.25) is 4.68 Å². The number of aryl methyl sites for hydroxylation is 2. The van der Waals surface area contributed by atoms with Crippen LogP contribution in [0.5, 0.6) is 0 Å². The Hall–Kier alpha value is -1.03. The lowest BCUT2D eigenvalue weighted by atomic mass is 9.74. The van der Waals surface area contributed by atoms with Gasteiger partial charge in [0.2, 0.25) is 0 Å². The lowest BCUT2D eigenvalue weighted by molar-refractivity contribution is 0.0944. The molecule has 1 fully saturated rings. The van der Waals surface area contributed by atoms with E-state index >= 15 is 0 Å². The highest BCUT2D eigenvalue weighted by Crippen LogP contribution is 2.36. The molecule has 0 amide bonds. The summed E-state index contributed by atoms with van der Waals surface area (Å²) in [6, 6.07) is 0. The Morgan fingerprint density at radius 1 is 1.28 bits per heavy atom. The van der Waals surface area contributed by atoms with Crippen LogP contribution >= 0.6 is 0 Å². The Morgan fingerprint density at radius 3 is 2.44 bits per heavy atom. The van der Waals surface area contributed by atoms with Gasteiger partial charge in [0.25, 0.3) is 0 Å². The molecule has 0 unspecified atom stereocenters. The summed E-state index contributed by atoms with van der Waals surface area (Å²) < 4.78 is 1.91. The van der Waals surface area contributed by atoms with Crippen molar-refractivity contribution < 1.29 is 5.11 Å². The van der Waals surface area contributed by atoms with Crippen molar-refractivity contribution in [1.29, 1.82) is 0 Å². The van der Waals surface area contributed by atoms with Crippen LogP contribution in [0.4, 0.5) is 5.69 Å². The number of hydrogen-bond acceptors (Lipinski definition) is 3. The second-order valence-electron chi connectivity index (χ2n) is 5.74. The molecule has 0 atom stereocenters. The van der Waals surface area contributed by atoms with Crippen molar-refractivity contribution in [1.82, 2.24) is 9.78 Å². The fourth-order valence-electron chi connectivity index (χ4n) is 3.00. The summed E-state index contributed by atoms with van der Waals surface area (Å²) >= 11 is 0. The third-order valence-electron chi connectivity index (χ3n) is 4.40. The Balaban J connectivity index is 2.05. The second-order valence-corrected chi connectivity index (χ2v) is 5.74. The molecule has 2 N–H and O–H groups in total. The lowest BCUT2D eigenvalue weighted by Crippen LogP contribution is -2.35. The monoisotopic (exact) mass is 251 g/mol. The van der Waals surface area contributed by atoms with Gasteiger partial charge in [-0.25, -0.2) is 0 Å². The molecule has 1 aliphatic carbocycles. The maximum Gasteiger partial charge on any atom is 0.0827 e. The van der Waals surface area contributed by atoms with E-state index in [4.69, 9.17) is 0 Å². The van der Waals surface area contributed by atoms with Gasteiger partial charge in [-0.2, -0.15) is 5.10 Å². The summed E-state index contributed by atoms with van der Waals surface area (Å²) in [5, 5.41) is 17.6. The molecule has 2 rings (SSSR count). The molecular formula is C14H25N3O. The number of nitrogens with one attached hydrogen (secondary N) is 1. The van der Waals surface area contributed by atoms with Gasteiger partial charge < -0.3 is 10.4 Å². The third-order valence-corrected chi connectivity index (χ3v) is 4.40. The number of rotatable bonds is 4. The van der Waals surface area contributed by atoms with Gasteiger partial charge in [0, 0.05) is 19.0 Å². The molecule has 18 heavy (non-hydrogen) atoms. The molecule has 102 valence electrons. The van der Waals surface area contributed by atoms with E-state index < -0.39 is 0 Å². The van der Waals surface area contributed by atoms with E-state index in [1.54, 1.807) is 0 Å². The third kappa shape index (κ3) is 2.53. The highest BCUT2D eigenvalue weighted by molar-refractivity contribution is 5.52. The Morgan fingerprint density at radius 2 is 1.94 bits per heavy atom. The largest absolute Gasteiger partial charge is 0.396 e. The molecule has 0 saturated heterocycles. The van der Waals surface area contributed by atoms with Crippen LogP contribution in [0.25, 0.3) is 0 Å². The van der Waals surface area contributed by atoms with Crippen molar-refractivity contribution in [2.24, 2.45) is 12.5 Å². The van der Waals surface area contributed by atoms with Crippen LogP contribution in [-0.2, 0) is 7.05 Å². The molecule has 4 nitrogen and oxygen atoms in total. The topological polar surface area (TPSA) is 50.1 Å². The van der Waals surface area contributed by atoms with Crippen LogP contribution in [0.1, 0.15) is 43.5 Å². The zero-order valence-corrected chi connectivity index (χ0v) is 11.8. The predicted molar refractivity (Wildman–Crippen MR) is 73.8 cm³/mol. The Labute approximate surface area is 109 Å². The summed E-state index contributed by atoms with van der Waals surface area (Å²) in [7, 11) is 1.97.